The summed E-state index contributed by atoms with van der Waals surface area (Å²) in [5.74, 6) is 2.02. The molecule has 124 valence electrons. The second kappa shape index (κ2) is 8.34. The number of halogens is 1. The van der Waals surface area contributed by atoms with Crippen LogP contribution in [0.5, 0.6) is 5.75 Å². The van der Waals surface area contributed by atoms with Gasteiger partial charge in [0.25, 0.3) is 0 Å². The van der Waals surface area contributed by atoms with Gasteiger partial charge in [0.2, 0.25) is 0 Å². The van der Waals surface area contributed by atoms with Crippen molar-refractivity contribution in [3.63, 3.8) is 0 Å². The van der Waals surface area contributed by atoms with Crippen molar-refractivity contribution in [2.75, 3.05) is 26.7 Å². The number of hydrogen-bond acceptors (Lipinski definition) is 3. The number of para-hydroxylation sites is 1. The van der Waals surface area contributed by atoms with Crippen molar-refractivity contribution in [1.29, 1.82) is 0 Å². The van der Waals surface area contributed by atoms with Crippen LogP contribution in [0.3, 0.4) is 0 Å². The van der Waals surface area contributed by atoms with Crippen LogP contribution in [0, 0.1) is 5.92 Å². The number of likely N-dealkylation sites (tertiary alicyclic amines) is 1. The van der Waals surface area contributed by atoms with Crippen LogP contribution in [-0.4, -0.2) is 31.6 Å². The van der Waals surface area contributed by atoms with Gasteiger partial charge >= 0.3 is 0 Å². The predicted molar refractivity (Wildman–Crippen MR) is 97.2 cm³/mol. The highest BCUT2D eigenvalue weighted by atomic mass is 35.5. The molecule has 1 saturated heterocycles. The van der Waals surface area contributed by atoms with Gasteiger partial charge in [0.05, 0.1) is 7.11 Å². The Morgan fingerprint density at radius 2 is 1.74 bits per heavy atom. The Hall–Kier alpha value is -1.55. The number of benzene rings is 2. The van der Waals surface area contributed by atoms with Gasteiger partial charge in [-0.2, -0.15) is 0 Å². The molecule has 2 atom stereocenters. The summed E-state index contributed by atoms with van der Waals surface area (Å²) in [6.07, 6.45) is 0. The van der Waals surface area contributed by atoms with E-state index < -0.39 is 0 Å². The van der Waals surface area contributed by atoms with Crippen LogP contribution in [0.4, 0.5) is 0 Å². The van der Waals surface area contributed by atoms with Gasteiger partial charge in [0.15, 0.2) is 0 Å². The van der Waals surface area contributed by atoms with Crippen molar-refractivity contribution in [3.05, 3.63) is 65.7 Å². The highest BCUT2D eigenvalue weighted by molar-refractivity contribution is 5.85. The van der Waals surface area contributed by atoms with E-state index in [0.717, 1.165) is 31.9 Å². The van der Waals surface area contributed by atoms with Gasteiger partial charge in [-0.05, 0) is 24.1 Å². The Morgan fingerprint density at radius 3 is 2.43 bits per heavy atom. The minimum atomic E-state index is 0. The fourth-order valence-electron chi connectivity index (χ4n) is 3.48. The van der Waals surface area contributed by atoms with Crippen molar-refractivity contribution in [2.45, 2.75) is 12.5 Å². The van der Waals surface area contributed by atoms with Crippen molar-refractivity contribution in [2.24, 2.45) is 11.7 Å². The summed E-state index contributed by atoms with van der Waals surface area (Å²) in [6.45, 7) is 3.77. The van der Waals surface area contributed by atoms with E-state index in [9.17, 15) is 0 Å². The van der Waals surface area contributed by atoms with Gasteiger partial charge < -0.3 is 10.5 Å². The molecule has 2 N–H and O–H groups in total. The lowest BCUT2D eigenvalue weighted by Gasteiger charge is -2.18. The van der Waals surface area contributed by atoms with Gasteiger partial charge in [0.1, 0.15) is 5.75 Å². The van der Waals surface area contributed by atoms with Gasteiger partial charge in [-0.25, -0.2) is 0 Å². The largest absolute Gasteiger partial charge is 0.496 e. The average Bonchev–Trinajstić information content (AvgIpc) is 2.99. The first-order valence-corrected chi connectivity index (χ1v) is 7.91. The van der Waals surface area contributed by atoms with Crippen molar-refractivity contribution in [3.8, 4) is 5.75 Å². The molecule has 23 heavy (non-hydrogen) atoms. The molecule has 0 radical (unpaired) electrons. The van der Waals surface area contributed by atoms with Crippen LogP contribution >= 0.6 is 12.4 Å². The third kappa shape index (κ3) is 4.05. The maximum atomic E-state index is 6.02. The van der Waals surface area contributed by atoms with Crippen molar-refractivity contribution >= 4 is 12.4 Å². The van der Waals surface area contributed by atoms with E-state index in [0.29, 0.717) is 11.8 Å². The van der Waals surface area contributed by atoms with E-state index in [2.05, 4.69) is 47.4 Å². The zero-order chi connectivity index (χ0) is 15.4. The molecule has 3 rings (SSSR count). The lowest BCUT2D eigenvalue weighted by molar-refractivity contribution is 0.308. The number of nitrogens with two attached hydrogens (primary N) is 1. The van der Waals surface area contributed by atoms with Crippen LogP contribution in [0.2, 0.25) is 0 Å². The highest BCUT2D eigenvalue weighted by Crippen LogP contribution is 2.33. The molecule has 0 aromatic heterocycles. The summed E-state index contributed by atoms with van der Waals surface area (Å²) in [6, 6.07) is 19.0. The molecule has 1 aliphatic heterocycles. The molecule has 2 aromatic rings. The molecule has 0 unspecified atom stereocenters. The summed E-state index contributed by atoms with van der Waals surface area (Å²) >= 11 is 0. The normalized spacial score (nSPS) is 21.0. The Kier molecular flexibility index (Phi) is 6.46. The summed E-state index contributed by atoms with van der Waals surface area (Å²) in [5.41, 5.74) is 8.67. The Labute approximate surface area is 144 Å². The molecule has 3 nitrogen and oxygen atoms in total. The average molecular weight is 333 g/mol. The quantitative estimate of drug-likeness (QED) is 0.913. The highest BCUT2D eigenvalue weighted by Gasteiger charge is 2.32. The van der Waals surface area contributed by atoms with Crippen LogP contribution < -0.4 is 10.5 Å². The topological polar surface area (TPSA) is 38.5 Å². The van der Waals surface area contributed by atoms with Crippen LogP contribution in [0.1, 0.15) is 17.0 Å². The fourth-order valence-corrected chi connectivity index (χ4v) is 3.48. The van der Waals surface area contributed by atoms with Crippen LogP contribution in [0.15, 0.2) is 54.6 Å². The number of nitrogens with zero attached hydrogens (tertiary/aromatic N) is 1. The minimum absolute atomic E-state index is 0. The maximum Gasteiger partial charge on any atom is 0.123 e. The molecule has 1 heterocycles. The first-order valence-electron chi connectivity index (χ1n) is 7.91. The smallest absolute Gasteiger partial charge is 0.123 e. The summed E-state index contributed by atoms with van der Waals surface area (Å²) in [7, 11) is 1.73. The Bertz CT molecular complexity index is 605. The maximum absolute atomic E-state index is 6.02. The zero-order valence-electron chi connectivity index (χ0n) is 13.5. The third-order valence-electron chi connectivity index (χ3n) is 4.63. The number of hydrogen-bond donors (Lipinski definition) is 1. The number of ether oxygens (including phenoxy) is 1. The van der Waals surface area contributed by atoms with E-state index in [-0.39, 0.29) is 12.4 Å². The van der Waals surface area contributed by atoms with E-state index in [1.165, 1.54) is 11.1 Å². The molecule has 4 heteroatoms. The lowest BCUT2D eigenvalue weighted by atomic mass is 9.89. The second-order valence-corrected chi connectivity index (χ2v) is 6.02. The third-order valence-corrected chi connectivity index (χ3v) is 4.63. The molecular weight excluding hydrogens is 308 g/mol. The number of rotatable bonds is 5. The first kappa shape index (κ1) is 17.8. The van der Waals surface area contributed by atoms with E-state index >= 15 is 0 Å². The van der Waals surface area contributed by atoms with E-state index in [1.807, 2.05) is 12.1 Å². The molecule has 1 aliphatic rings. The Balaban J connectivity index is 0.00000192. The summed E-state index contributed by atoms with van der Waals surface area (Å²) < 4.78 is 5.47. The molecular formula is C19H25ClN2O. The van der Waals surface area contributed by atoms with Crippen molar-refractivity contribution in [1.82, 2.24) is 4.90 Å². The molecule has 0 saturated carbocycles. The lowest BCUT2D eigenvalue weighted by Crippen LogP contribution is -2.23. The molecule has 0 amide bonds. The standard InChI is InChI=1S/C19H24N2O.ClH/c1-22-19-10-6-5-9-16(19)12-21-13-17(11-20)18(14-21)15-7-3-2-4-8-15;/h2-10,17-18H,11-14,20H2,1H3;1H/t17-,18+;/m1./s1. The minimum Gasteiger partial charge on any atom is -0.496 e. The predicted octanol–water partition coefficient (Wildman–Crippen LogP) is 3.29. The fraction of sp³-hybridized carbons (Fsp3) is 0.368. The van der Waals surface area contributed by atoms with Crippen LogP contribution in [-0.2, 0) is 6.54 Å². The van der Waals surface area contributed by atoms with Gasteiger partial charge in [-0.15, -0.1) is 12.4 Å². The first-order chi connectivity index (χ1) is 10.8. The monoisotopic (exact) mass is 332 g/mol. The molecule has 0 bridgehead atoms. The van der Waals surface area contributed by atoms with E-state index in [1.54, 1.807) is 7.11 Å². The molecule has 0 spiro atoms. The molecule has 0 aliphatic carbocycles. The Morgan fingerprint density at radius 1 is 1.04 bits per heavy atom. The molecule has 1 fully saturated rings. The second-order valence-electron chi connectivity index (χ2n) is 6.02. The zero-order valence-corrected chi connectivity index (χ0v) is 14.3. The SMILES string of the molecule is COc1ccccc1CN1C[C@@H](CN)[C@H](c2ccccc2)C1.Cl. The summed E-state index contributed by atoms with van der Waals surface area (Å²) in [4.78, 5) is 2.49. The van der Waals surface area contributed by atoms with Gasteiger partial charge in [-0.3, -0.25) is 4.90 Å². The van der Waals surface area contributed by atoms with Gasteiger partial charge in [0, 0.05) is 31.1 Å². The number of methoxy groups -OCH3 is 1. The van der Waals surface area contributed by atoms with Crippen molar-refractivity contribution < 1.29 is 4.74 Å². The van der Waals surface area contributed by atoms with Crippen LogP contribution in [0.25, 0.3) is 0 Å². The molecule has 2 aromatic carbocycles. The van der Waals surface area contributed by atoms with E-state index in [4.69, 9.17) is 10.5 Å². The summed E-state index contributed by atoms with van der Waals surface area (Å²) in [5, 5.41) is 0. The van der Waals surface area contributed by atoms with Gasteiger partial charge in [-0.1, -0.05) is 48.5 Å².